The molecule has 0 aromatic heterocycles. The number of unbranched alkanes of at least 4 members (excludes halogenated alkanes) is 41. The van der Waals surface area contributed by atoms with E-state index in [4.69, 9.17) is 14.2 Å². The largest absolute Gasteiger partial charge is 0.462 e. The van der Waals surface area contributed by atoms with Gasteiger partial charge in [0, 0.05) is 19.3 Å². The molecule has 6 nitrogen and oxygen atoms in total. The Hall–Kier alpha value is -3.41. The average Bonchev–Trinajstić information content (AvgIpc) is 3.49. The summed E-state index contributed by atoms with van der Waals surface area (Å²) in [7, 11) is 0. The van der Waals surface area contributed by atoms with E-state index in [9.17, 15) is 14.4 Å². The topological polar surface area (TPSA) is 78.9 Å². The predicted molar refractivity (Wildman–Crippen MR) is 362 cm³/mol. The van der Waals surface area contributed by atoms with E-state index in [1.807, 2.05) is 0 Å². The summed E-state index contributed by atoms with van der Waals surface area (Å²) >= 11 is 0. The number of ether oxygens (including phenoxy) is 3. The second-order valence-electron chi connectivity index (χ2n) is 24.1. The van der Waals surface area contributed by atoms with Crippen LogP contribution < -0.4 is 0 Å². The summed E-state index contributed by atoms with van der Waals surface area (Å²) in [5, 5.41) is 0. The molecule has 0 aliphatic rings. The molecular weight excluding hydrogens is 1020 g/mol. The third kappa shape index (κ3) is 69.3. The van der Waals surface area contributed by atoms with Crippen LogP contribution in [-0.4, -0.2) is 37.2 Å². The summed E-state index contributed by atoms with van der Waals surface area (Å²) in [5.74, 6) is -0.875. The van der Waals surface area contributed by atoms with Gasteiger partial charge in [-0.25, -0.2) is 0 Å². The number of esters is 3. The van der Waals surface area contributed by atoms with Crippen LogP contribution in [0.5, 0.6) is 0 Å². The highest BCUT2D eigenvalue weighted by Crippen LogP contribution is 2.17. The van der Waals surface area contributed by atoms with Crippen LogP contribution in [0.15, 0.2) is 85.1 Å². The number of hydrogen-bond donors (Lipinski definition) is 0. The van der Waals surface area contributed by atoms with Crippen molar-refractivity contribution in [1.29, 1.82) is 0 Å². The van der Waals surface area contributed by atoms with Gasteiger partial charge >= 0.3 is 17.9 Å². The van der Waals surface area contributed by atoms with Crippen molar-refractivity contribution >= 4 is 17.9 Å². The third-order valence-corrected chi connectivity index (χ3v) is 15.9. The molecular formula is C77H136O6. The summed E-state index contributed by atoms with van der Waals surface area (Å²) in [6, 6.07) is 0. The maximum absolute atomic E-state index is 13.0. The van der Waals surface area contributed by atoms with Crippen LogP contribution in [0.2, 0.25) is 0 Å². The van der Waals surface area contributed by atoms with Gasteiger partial charge in [0.1, 0.15) is 13.2 Å². The van der Waals surface area contributed by atoms with Crippen molar-refractivity contribution in [1.82, 2.24) is 0 Å². The third-order valence-electron chi connectivity index (χ3n) is 15.9. The summed E-state index contributed by atoms with van der Waals surface area (Å²) in [6.07, 6.45) is 94.6. The molecule has 0 aromatic carbocycles. The van der Waals surface area contributed by atoms with E-state index in [1.165, 1.54) is 231 Å². The minimum atomic E-state index is -0.786. The molecule has 0 spiro atoms. The van der Waals surface area contributed by atoms with Crippen LogP contribution in [0.25, 0.3) is 0 Å². The van der Waals surface area contributed by atoms with Gasteiger partial charge in [0.25, 0.3) is 0 Å². The number of hydrogen-bond acceptors (Lipinski definition) is 6. The molecule has 0 aliphatic carbocycles. The van der Waals surface area contributed by atoms with Gasteiger partial charge in [-0.2, -0.15) is 0 Å². The van der Waals surface area contributed by atoms with Crippen molar-refractivity contribution in [3.63, 3.8) is 0 Å². The van der Waals surface area contributed by atoms with Gasteiger partial charge in [0.05, 0.1) is 0 Å². The van der Waals surface area contributed by atoms with E-state index >= 15 is 0 Å². The maximum Gasteiger partial charge on any atom is 0.306 e. The highest BCUT2D eigenvalue weighted by molar-refractivity contribution is 5.71. The Labute approximate surface area is 515 Å². The highest BCUT2D eigenvalue weighted by atomic mass is 16.6. The van der Waals surface area contributed by atoms with Crippen molar-refractivity contribution in [3.8, 4) is 0 Å². The lowest BCUT2D eigenvalue weighted by molar-refractivity contribution is -0.167. The smallest absolute Gasteiger partial charge is 0.306 e. The Bertz CT molecular complexity index is 1570. The molecule has 0 aliphatic heterocycles. The molecule has 0 fully saturated rings. The first-order valence-corrected chi connectivity index (χ1v) is 36.1. The van der Waals surface area contributed by atoms with E-state index in [2.05, 4.69) is 106 Å². The van der Waals surface area contributed by atoms with Gasteiger partial charge in [-0.15, -0.1) is 0 Å². The Morgan fingerprint density at radius 1 is 0.253 bits per heavy atom. The fraction of sp³-hybridized carbons (Fsp3) is 0.779. The number of allylic oxidation sites excluding steroid dienone is 14. The minimum absolute atomic E-state index is 0.0798. The molecule has 6 heteroatoms. The van der Waals surface area contributed by atoms with Crippen LogP contribution in [0, 0.1) is 0 Å². The molecule has 0 amide bonds. The summed E-state index contributed by atoms with van der Waals surface area (Å²) in [6.45, 7) is 6.57. The fourth-order valence-electron chi connectivity index (χ4n) is 10.5. The van der Waals surface area contributed by atoms with Crippen molar-refractivity contribution in [3.05, 3.63) is 85.1 Å². The second kappa shape index (κ2) is 71.1. The molecule has 0 aromatic rings. The molecule has 1 atom stereocenters. The Morgan fingerprint density at radius 3 is 0.747 bits per heavy atom. The quantitative estimate of drug-likeness (QED) is 0.0261. The Balaban J connectivity index is 4.39. The molecule has 83 heavy (non-hydrogen) atoms. The van der Waals surface area contributed by atoms with Gasteiger partial charge in [-0.05, 0) is 116 Å². The number of carbonyl (C=O) groups is 3. The predicted octanol–water partition coefficient (Wildman–Crippen LogP) is 25.0. The van der Waals surface area contributed by atoms with E-state index in [0.29, 0.717) is 19.3 Å². The average molecular weight is 1160 g/mol. The summed E-state index contributed by atoms with van der Waals surface area (Å²) in [4.78, 5) is 38.5. The highest BCUT2D eigenvalue weighted by Gasteiger charge is 2.19. The second-order valence-corrected chi connectivity index (χ2v) is 24.1. The van der Waals surface area contributed by atoms with E-state index < -0.39 is 6.10 Å². The van der Waals surface area contributed by atoms with Crippen LogP contribution in [-0.2, 0) is 28.6 Å². The molecule has 0 saturated carbocycles. The standard InChI is InChI=1S/C77H136O6/c1-4-7-10-13-16-19-22-25-28-31-34-37-38-41-43-46-49-52-55-58-61-64-67-70-76(79)82-73-74(83-77(80)71-68-65-62-59-56-53-50-47-44-40-36-33-30-27-24-21-18-15-12-9-6-3)72-81-75(78)69-66-63-60-57-54-51-48-45-42-39-35-32-29-26-23-20-17-14-11-8-5-2/h7,10,16,19,25,28,32-37,41,43,74H,4-6,8-9,11-15,17-18,20-24,26-27,29-31,38-40,42,44-73H2,1-3H3/b10-7-,19-16-,28-25-,35-32-,36-33-,37-34-,43-41-. The molecule has 1 unspecified atom stereocenters. The van der Waals surface area contributed by atoms with Gasteiger partial charge in [-0.1, -0.05) is 318 Å². The monoisotopic (exact) mass is 1160 g/mol. The molecule has 0 rings (SSSR count). The van der Waals surface area contributed by atoms with E-state index in [1.54, 1.807) is 0 Å². The normalized spacial score (nSPS) is 12.6. The molecule has 0 bridgehead atoms. The van der Waals surface area contributed by atoms with Gasteiger partial charge in [0.2, 0.25) is 0 Å². The zero-order valence-electron chi connectivity index (χ0n) is 55.2. The van der Waals surface area contributed by atoms with Crippen LogP contribution in [0.3, 0.4) is 0 Å². The van der Waals surface area contributed by atoms with Crippen LogP contribution in [0.1, 0.15) is 367 Å². The fourth-order valence-corrected chi connectivity index (χ4v) is 10.5. The first-order chi connectivity index (χ1) is 41.0. The zero-order chi connectivity index (χ0) is 59.9. The lowest BCUT2D eigenvalue weighted by Gasteiger charge is -2.18. The lowest BCUT2D eigenvalue weighted by atomic mass is 10.1. The molecule has 0 saturated heterocycles. The van der Waals surface area contributed by atoms with Gasteiger partial charge in [-0.3, -0.25) is 14.4 Å². The zero-order valence-corrected chi connectivity index (χ0v) is 55.2. The molecule has 480 valence electrons. The first kappa shape index (κ1) is 79.6. The minimum Gasteiger partial charge on any atom is -0.462 e. The summed E-state index contributed by atoms with van der Waals surface area (Å²) < 4.78 is 17.0. The SMILES string of the molecule is CC/C=C\C/C=C\C/C=C\C/C=C\C/C=C\CCCCCCCCCC(=O)OCC(COC(=O)CCCCCCCCCCC/C=C\CCCCCCCCCC)OC(=O)CCCCCCCCCCC/C=C\CCCCCCCCCC. The first-order valence-electron chi connectivity index (χ1n) is 36.1. The maximum atomic E-state index is 13.0. The van der Waals surface area contributed by atoms with E-state index in [-0.39, 0.29) is 31.1 Å². The molecule has 0 N–H and O–H groups in total. The van der Waals surface area contributed by atoms with Gasteiger partial charge in [0.15, 0.2) is 6.10 Å². The van der Waals surface area contributed by atoms with Crippen molar-refractivity contribution in [2.75, 3.05) is 13.2 Å². The lowest BCUT2D eigenvalue weighted by Crippen LogP contribution is -2.30. The molecule has 0 radical (unpaired) electrons. The summed E-state index contributed by atoms with van der Waals surface area (Å²) in [5.41, 5.74) is 0. The van der Waals surface area contributed by atoms with E-state index in [0.717, 1.165) is 96.3 Å². The van der Waals surface area contributed by atoms with Crippen molar-refractivity contribution in [2.24, 2.45) is 0 Å². The number of carbonyl (C=O) groups excluding carboxylic acids is 3. The van der Waals surface area contributed by atoms with Crippen LogP contribution >= 0.6 is 0 Å². The van der Waals surface area contributed by atoms with Gasteiger partial charge < -0.3 is 14.2 Å². The molecule has 0 heterocycles. The van der Waals surface area contributed by atoms with Crippen LogP contribution in [0.4, 0.5) is 0 Å². The van der Waals surface area contributed by atoms with Crippen molar-refractivity contribution < 1.29 is 28.6 Å². The Morgan fingerprint density at radius 2 is 0.470 bits per heavy atom. The number of rotatable bonds is 66. The Kier molecular flexibility index (Phi) is 68.2. The van der Waals surface area contributed by atoms with Crippen molar-refractivity contribution in [2.45, 2.75) is 374 Å².